The first kappa shape index (κ1) is 28.7. The molecular formula is C35H58O4. The molecule has 2 aliphatic heterocycles. The Labute approximate surface area is 239 Å². The first-order valence-corrected chi connectivity index (χ1v) is 16.8. The lowest BCUT2D eigenvalue weighted by Crippen LogP contribution is -2.51. The fourth-order valence-electron chi connectivity index (χ4n) is 11.0. The van der Waals surface area contributed by atoms with Crippen LogP contribution in [0, 0.1) is 40.4 Å². The highest BCUT2D eigenvalue weighted by atomic mass is 16.8. The molecule has 39 heavy (non-hydrogen) atoms. The van der Waals surface area contributed by atoms with Crippen LogP contribution >= 0.6 is 0 Å². The summed E-state index contributed by atoms with van der Waals surface area (Å²) in [7, 11) is 0. The van der Waals surface area contributed by atoms with E-state index >= 15 is 0 Å². The van der Waals surface area contributed by atoms with Crippen LogP contribution in [0.25, 0.3) is 0 Å². The summed E-state index contributed by atoms with van der Waals surface area (Å²) in [5.74, 6) is 3.77. The van der Waals surface area contributed by atoms with E-state index in [0.717, 1.165) is 55.5 Å². The highest BCUT2D eigenvalue weighted by Gasteiger charge is 2.59. The largest absolute Gasteiger partial charge is 0.353 e. The van der Waals surface area contributed by atoms with Crippen LogP contribution in [-0.2, 0) is 18.9 Å². The minimum absolute atomic E-state index is 0.0446. The average molecular weight is 543 g/mol. The Morgan fingerprint density at radius 2 is 1.77 bits per heavy atom. The van der Waals surface area contributed by atoms with Gasteiger partial charge in [0.25, 0.3) is 0 Å². The highest BCUT2D eigenvalue weighted by molar-refractivity contribution is 5.25. The fraction of sp³-hybridized carbons (Fsp3) is 0.943. The summed E-state index contributed by atoms with van der Waals surface area (Å²) in [6, 6.07) is 0. The molecule has 2 saturated heterocycles. The van der Waals surface area contributed by atoms with Crippen molar-refractivity contribution in [1.29, 1.82) is 0 Å². The van der Waals surface area contributed by atoms with Crippen molar-refractivity contribution in [2.24, 2.45) is 40.4 Å². The molecule has 4 nitrogen and oxygen atoms in total. The van der Waals surface area contributed by atoms with E-state index in [-0.39, 0.29) is 18.0 Å². The predicted octanol–water partition coefficient (Wildman–Crippen LogP) is 8.82. The molecule has 0 amide bonds. The minimum atomic E-state index is -0.460. The third-order valence-electron chi connectivity index (χ3n) is 12.9. The second-order valence-corrected chi connectivity index (χ2v) is 16.1. The van der Waals surface area contributed by atoms with Gasteiger partial charge in [0.1, 0.15) is 0 Å². The molecule has 1 unspecified atom stereocenters. The molecule has 4 heteroatoms. The molecule has 6 aliphatic rings. The molecule has 3 saturated carbocycles. The van der Waals surface area contributed by atoms with E-state index in [2.05, 4.69) is 54.5 Å². The Kier molecular flexibility index (Phi) is 7.64. The Bertz CT molecular complexity index is 918. The zero-order valence-corrected chi connectivity index (χ0v) is 26.2. The first-order valence-electron chi connectivity index (χ1n) is 16.8. The fourth-order valence-corrected chi connectivity index (χ4v) is 11.0. The van der Waals surface area contributed by atoms with E-state index in [1.54, 1.807) is 5.57 Å². The Morgan fingerprint density at radius 3 is 2.49 bits per heavy atom. The van der Waals surface area contributed by atoms with Crippen molar-refractivity contribution >= 4 is 0 Å². The third kappa shape index (κ3) is 5.21. The van der Waals surface area contributed by atoms with Crippen molar-refractivity contribution in [2.45, 2.75) is 162 Å². The van der Waals surface area contributed by atoms with Gasteiger partial charge in [0, 0.05) is 6.61 Å². The minimum Gasteiger partial charge on any atom is -0.353 e. The van der Waals surface area contributed by atoms with Crippen LogP contribution in [0.15, 0.2) is 11.6 Å². The summed E-state index contributed by atoms with van der Waals surface area (Å²) < 4.78 is 25.0. The third-order valence-corrected chi connectivity index (χ3v) is 12.9. The van der Waals surface area contributed by atoms with Crippen LogP contribution in [0.2, 0.25) is 0 Å². The van der Waals surface area contributed by atoms with Crippen molar-refractivity contribution in [3.8, 4) is 0 Å². The summed E-state index contributed by atoms with van der Waals surface area (Å²) in [5, 5.41) is 0. The lowest BCUT2D eigenvalue weighted by atomic mass is 9.47. The van der Waals surface area contributed by atoms with Gasteiger partial charge in [-0.2, -0.15) is 0 Å². The van der Waals surface area contributed by atoms with Crippen LogP contribution in [0.5, 0.6) is 0 Å². The van der Waals surface area contributed by atoms with Crippen LogP contribution in [0.4, 0.5) is 0 Å². The van der Waals surface area contributed by atoms with Crippen molar-refractivity contribution in [3.05, 3.63) is 11.6 Å². The summed E-state index contributed by atoms with van der Waals surface area (Å²) >= 11 is 0. The van der Waals surface area contributed by atoms with Crippen molar-refractivity contribution in [3.63, 3.8) is 0 Å². The van der Waals surface area contributed by atoms with E-state index < -0.39 is 5.79 Å². The number of hydrogen-bond acceptors (Lipinski definition) is 4. The molecule has 4 aliphatic carbocycles. The van der Waals surface area contributed by atoms with Gasteiger partial charge in [0.15, 0.2) is 12.1 Å². The van der Waals surface area contributed by atoms with E-state index in [9.17, 15) is 0 Å². The SMILES string of the molecule is C[C@H](CC[C@H]1OC(C)(C)OC1(C)C)[C@H]1CC[C@H]2[C@@H]3CC=C4C[C@@H](OC5CCCCO5)CC[C@]4(C)[C@H]3CC[C@]12C. The van der Waals surface area contributed by atoms with Gasteiger partial charge in [-0.25, -0.2) is 0 Å². The number of hydrogen-bond donors (Lipinski definition) is 0. The Morgan fingerprint density at radius 1 is 0.949 bits per heavy atom. The number of rotatable bonds is 6. The molecule has 6 rings (SSSR count). The van der Waals surface area contributed by atoms with E-state index in [0.29, 0.717) is 16.9 Å². The molecule has 0 bridgehead atoms. The van der Waals surface area contributed by atoms with Crippen molar-refractivity contribution < 1.29 is 18.9 Å². The van der Waals surface area contributed by atoms with Gasteiger partial charge in [-0.1, -0.05) is 32.4 Å². The van der Waals surface area contributed by atoms with Gasteiger partial charge in [-0.15, -0.1) is 0 Å². The molecule has 0 radical (unpaired) electrons. The smallest absolute Gasteiger partial charge is 0.164 e. The molecular weight excluding hydrogens is 484 g/mol. The van der Waals surface area contributed by atoms with E-state index in [1.807, 2.05) is 0 Å². The van der Waals surface area contributed by atoms with Crippen molar-refractivity contribution in [2.75, 3.05) is 6.61 Å². The summed E-state index contributed by atoms with van der Waals surface area (Å²) in [6.45, 7) is 17.3. The van der Waals surface area contributed by atoms with Gasteiger partial charge in [0.05, 0.1) is 17.8 Å². The van der Waals surface area contributed by atoms with Crippen LogP contribution in [0.3, 0.4) is 0 Å². The Balaban J connectivity index is 1.10. The molecule has 0 aromatic heterocycles. The highest BCUT2D eigenvalue weighted by Crippen LogP contribution is 2.67. The maximum Gasteiger partial charge on any atom is 0.164 e. The quantitative estimate of drug-likeness (QED) is 0.314. The Hall–Kier alpha value is -0.420. The van der Waals surface area contributed by atoms with Crippen molar-refractivity contribution in [1.82, 2.24) is 0 Å². The van der Waals surface area contributed by atoms with Crippen LogP contribution < -0.4 is 0 Å². The number of ether oxygens (including phenoxy) is 4. The summed E-state index contributed by atoms with van der Waals surface area (Å²) in [4.78, 5) is 0. The van der Waals surface area contributed by atoms with E-state index in [4.69, 9.17) is 18.9 Å². The van der Waals surface area contributed by atoms with E-state index in [1.165, 1.54) is 64.2 Å². The van der Waals surface area contributed by atoms with Gasteiger partial charge in [-0.05, 0) is 152 Å². The molecule has 222 valence electrons. The first-order chi connectivity index (χ1) is 18.4. The zero-order chi connectivity index (χ0) is 27.6. The molecule has 0 N–H and O–H groups in total. The number of fused-ring (bicyclic) bond motifs is 5. The second-order valence-electron chi connectivity index (χ2n) is 16.1. The molecule has 0 aromatic carbocycles. The van der Waals surface area contributed by atoms with Gasteiger partial charge in [-0.3, -0.25) is 0 Å². The molecule has 0 spiro atoms. The summed E-state index contributed by atoms with van der Waals surface area (Å²) in [5.41, 5.74) is 2.42. The van der Waals surface area contributed by atoms with Gasteiger partial charge < -0.3 is 18.9 Å². The summed E-state index contributed by atoms with van der Waals surface area (Å²) in [6.07, 6.45) is 19.8. The molecule has 10 atom stereocenters. The topological polar surface area (TPSA) is 36.9 Å². The lowest BCUT2D eigenvalue weighted by Gasteiger charge is -2.58. The second kappa shape index (κ2) is 10.4. The molecule has 2 heterocycles. The maximum atomic E-state index is 6.49. The standard InChI is InChI=1S/C35H58O4/c1-23(11-16-30-32(2,3)39-33(4,5)38-30)27-14-15-28-26-13-12-24-22-25(37-31-10-8-9-21-36-31)17-19-34(24,6)29(26)18-20-35(27,28)7/h12,23,25-31H,8-11,13-22H2,1-7H3/t23-,25+,26+,27-,28+,29+,30-,31?,34+,35-/m1/s1. The van der Waals surface area contributed by atoms with Gasteiger partial charge in [0.2, 0.25) is 0 Å². The lowest BCUT2D eigenvalue weighted by molar-refractivity contribution is -0.195. The normalized spacial score (nSPS) is 47.6. The maximum absolute atomic E-state index is 6.49. The average Bonchev–Trinajstić information content (AvgIpc) is 3.34. The van der Waals surface area contributed by atoms with Crippen LogP contribution in [-0.4, -0.2) is 36.5 Å². The molecule has 0 aromatic rings. The zero-order valence-electron chi connectivity index (χ0n) is 26.2. The molecule has 5 fully saturated rings. The predicted molar refractivity (Wildman–Crippen MR) is 156 cm³/mol. The number of allylic oxidation sites excluding steroid dienone is 1. The van der Waals surface area contributed by atoms with Crippen LogP contribution in [0.1, 0.15) is 132 Å². The van der Waals surface area contributed by atoms with Gasteiger partial charge >= 0.3 is 0 Å². The monoisotopic (exact) mass is 542 g/mol.